The lowest BCUT2D eigenvalue weighted by atomic mass is 10.3. The second kappa shape index (κ2) is 4.88. The molecule has 0 radical (unpaired) electrons. The van der Waals surface area contributed by atoms with E-state index in [1.165, 1.54) is 0 Å². The van der Waals surface area contributed by atoms with Crippen LogP contribution in [0.1, 0.15) is 0 Å². The highest BCUT2D eigenvalue weighted by Crippen LogP contribution is 2.31. The summed E-state index contributed by atoms with van der Waals surface area (Å²) in [5.41, 5.74) is 0. The van der Waals surface area contributed by atoms with Gasteiger partial charge in [0.1, 0.15) is 12.1 Å². The molecule has 1 aromatic carbocycles. The molecule has 0 amide bonds. The standard InChI is InChI=1S/C10H5Br2FN2O/c11-6-1-2-8(7(12)3-6)16-10-4-9(13)14-5-15-10/h1-5H. The van der Waals surface area contributed by atoms with Gasteiger partial charge in [-0.1, -0.05) is 15.9 Å². The van der Waals surface area contributed by atoms with Gasteiger partial charge in [-0.2, -0.15) is 4.39 Å². The average molecular weight is 348 g/mol. The Hall–Kier alpha value is -1.01. The van der Waals surface area contributed by atoms with Crippen molar-refractivity contribution in [3.63, 3.8) is 0 Å². The van der Waals surface area contributed by atoms with Gasteiger partial charge < -0.3 is 4.74 Å². The largest absolute Gasteiger partial charge is 0.438 e. The normalized spacial score (nSPS) is 10.2. The number of aromatic nitrogens is 2. The van der Waals surface area contributed by atoms with E-state index in [0.29, 0.717) is 5.75 Å². The molecule has 0 aliphatic rings. The van der Waals surface area contributed by atoms with Gasteiger partial charge in [0, 0.05) is 4.47 Å². The molecule has 0 aliphatic carbocycles. The van der Waals surface area contributed by atoms with Crippen molar-refractivity contribution in [2.24, 2.45) is 0 Å². The molecule has 16 heavy (non-hydrogen) atoms. The fraction of sp³-hybridized carbons (Fsp3) is 0. The predicted molar refractivity (Wildman–Crippen MR) is 63.9 cm³/mol. The number of rotatable bonds is 2. The van der Waals surface area contributed by atoms with Gasteiger partial charge in [-0.25, -0.2) is 9.97 Å². The number of hydrogen-bond acceptors (Lipinski definition) is 3. The van der Waals surface area contributed by atoms with Crippen LogP contribution in [0, 0.1) is 5.95 Å². The molecule has 0 N–H and O–H groups in total. The van der Waals surface area contributed by atoms with Gasteiger partial charge in [-0.05, 0) is 34.1 Å². The van der Waals surface area contributed by atoms with Gasteiger partial charge in [0.25, 0.3) is 0 Å². The zero-order valence-electron chi connectivity index (χ0n) is 7.82. The van der Waals surface area contributed by atoms with Crippen molar-refractivity contribution in [2.75, 3.05) is 0 Å². The molecule has 1 heterocycles. The maximum absolute atomic E-state index is 12.8. The lowest BCUT2D eigenvalue weighted by Gasteiger charge is -2.06. The van der Waals surface area contributed by atoms with Crippen molar-refractivity contribution >= 4 is 31.9 Å². The Kier molecular flexibility index (Phi) is 3.50. The van der Waals surface area contributed by atoms with Gasteiger partial charge in [-0.3, -0.25) is 0 Å². The Labute approximate surface area is 108 Å². The highest BCUT2D eigenvalue weighted by atomic mass is 79.9. The van der Waals surface area contributed by atoms with E-state index in [9.17, 15) is 4.39 Å². The van der Waals surface area contributed by atoms with E-state index in [-0.39, 0.29) is 5.88 Å². The summed E-state index contributed by atoms with van der Waals surface area (Å²) < 4.78 is 19.8. The first-order valence-electron chi connectivity index (χ1n) is 4.25. The molecular formula is C10H5Br2FN2O. The van der Waals surface area contributed by atoms with Crippen molar-refractivity contribution in [1.29, 1.82) is 0 Å². The number of hydrogen-bond donors (Lipinski definition) is 0. The molecule has 0 bridgehead atoms. The summed E-state index contributed by atoms with van der Waals surface area (Å²) in [7, 11) is 0. The number of halogens is 3. The van der Waals surface area contributed by atoms with E-state index in [0.717, 1.165) is 21.3 Å². The van der Waals surface area contributed by atoms with Crippen molar-refractivity contribution < 1.29 is 9.13 Å². The van der Waals surface area contributed by atoms with Crippen LogP contribution in [0.2, 0.25) is 0 Å². The van der Waals surface area contributed by atoms with Crippen LogP contribution in [-0.2, 0) is 0 Å². The second-order valence-corrected chi connectivity index (χ2v) is 4.63. The van der Waals surface area contributed by atoms with Crippen LogP contribution in [-0.4, -0.2) is 9.97 Å². The minimum atomic E-state index is -0.627. The quantitative estimate of drug-likeness (QED) is 0.772. The monoisotopic (exact) mass is 346 g/mol. The molecule has 6 heteroatoms. The minimum Gasteiger partial charge on any atom is -0.438 e. The third-order valence-corrected chi connectivity index (χ3v) is 2.83. The molecule has 82 valence electrons. The summed E-state index contributed by atoms with van der Waals surface area (Å²) in [6, 6.07) is 6.51. The van der Waals surface area contributed by atoms with Gasteiger partial charge in [-0.15, -0.1) is 0 Å². The number of ether oxygens (including phenoxy) is 1. The number of nitrogens with zero attached hydrogens (tertiary/aromatic N) is 2. The zero-order valence-corrected chi connectivity index (χ0v) is 11.0. The summed E-state index contributed by atoms with van der Waals surface area (Å²) in [5, 5.41) is 0. The molecule has 0 spiro atoms. The topological polar surface area (TPSA) is 35.0 Å². The summed E-state index contributed by atoms with van der Waals surface area (Å²) >= 11 is 6.65. The van der Waals surface area contributed by atoms with E-state index >= 15 is 0 Å². The first kappa shape index (κ1) is 11.5. The van der Waals surface area contributed by atoms with Gasteiger partial charge >= 0.3 is 0 Å². The molecule has 0 aliphatic heterocycles. The third kappa shape index (κ3) is 2.76. The lowest BCUT2D eigenvalue weighted by molar-refractivity contribution is 0.448. The van der Waals surface area contributed by atoms with Crippen LogP contribution in [0.15, 0.2) is 39.5 Å². The van der Waals surface area contributed by atoms with Gasteiger partial charge in [0.2, 0.25) is 11.8 Å². The summed E-state index contributed by atoms with van der Waals surface area (Å²) in [4.78, 5) is 7.13. The SMILES string of the molecule is Fc1cc(Oc2ccc(Br)cc2Br)ncn1. The van der Waals surface area contributed by atoms with E-state index in [4.69, 9.17) is 4.74 Å². The first-order chi connectivity index (χ1) is 7.65. The highest BCUT2D eigenvalue weighted by molar-refractivity contribution is 9.11. The smallest absolute Gasteiger partial charge is 0.225 e. The van der Waals surface area contributed by atoms with E-state index in [1.54, 1.807) is 6.07 Å². The van der Waals surface area contributed by atoms with Crippen LogP contribution in [0.3, 0.4) is 0 Å². The van der Waals surface area contributed by atoms with Crippen molar-refractivity contribution in [2.45, 2.75) is 0 Å². The van der Waals surface area contributed by atoms with Crippen LogP contribution in [0.5, 0.6) is 11.6 Å². The molecule has 0 unspecified atom stereocenters. The maximum atomic E-state index is 12.8. The third-order valence-electron chi connectivity index (χ3n) is 1.72. The fourth-order valence-corrected chi connectivity index (χ4v) is 2.17. The molecule has 0 saturated heterocycles. The Morgan fingerprint density at radius 1 is 1.12 bits per heavy atom. The highest BCUT2D eigenvalue weighted by Gasteiger charge is 2.05. The van der Waals surface area contributed by atoms with E-state index in [2.05, 4.69) is 41.8 Å². The minimum absolute atomic E-state index is 0.163. The second-order valence-electron chi connectivity index (χ2n) is 2.86. The van der Waals surface area contributed by atoms with Crippen LogP contribution >= 0.6 is 31.9 Å². The maximum Gasteiger partial charge on any atom is 0.225 e. The van der Waals surface area contributed by atoms with E-state index < -0.39 is 5.95 Å². The Bertz CT molecular complexity index is 522. The van der Waals surface area contributed by atoms with Crippen LogP contribution < -0.4 is 4.74 Å². The van der Waals surface area contributed by atoms with E-state index in [1.807, 2.05) is 12.1 Å². The van der Waals surface area contributed by atoms with Crippen molar-refractivity contribution in [3.8, 4) is 11.6 Å². The van der Waals surface area contributed by atoms with Crippen molar-refractivity contribution in [1.82, 2.24) is 9.97 Å². The fourth-order valence-electron chi connectivity index (χ4n) is 1.04. The Morgan fingerprint density at radius 3 is 2.62 bits per heavy atom. The molecule has 0 saturated carbocycles. The summed E-state index contributed by atoms with van der Waals surface area (Å²) in [6.45, 7) is 0. The molecule has 2 rings (SSSR count). The molecule has 0 atom stereocenters. The first-order valence-corrected chi connectivity index (χ1v) is 5.84. The Morgan fingerprint density at radius 2 is 1.94 bits per heavy atom. The molecule has 0 fully saturated rings. The van der Waals surface area contributed by atoms with Gasteiger partial charge in [0.15, 0.2) is 0 Å². The molecule has 3 nitrogen and oxygen atoms in total. The van der Waals surface area contributed by atoms with Gasteiger partial charge in [0.05, 0.1) is 10.5 Å². The van der Waals surface area contributed by atoms with Crippen LogP contribution in [0.4, 0.5) is 4.39 Å². The molecular weight excluding hydrogens is 343 g/mol. The summed E-state index contributed by atoms with van der Waals surface area (Å²) in [5.74, 6) is 0.0926. The molecule has 2 aromatic rings. The number of benzene rings is 1. The van der Waals surface area contributed by atoms with Crippen molar-refractivity contribution in [3.05, 3.63) is 45.5 Å². The molecule has 1 aromatic heterocycles. The van der Waals surface area contributed by atoms with Crippen LogP contribution in [0.25, 0.3) is 0 Å². The Balaban J connectivity index is 2.27. The lowest BCUT2D eigenvalue weighted by Crippen LogP contribution is -1.91. The predicted octanol–water partition coefficient (Wildman–Crippen LogP) is 3.93. The zero-order chi connectivity index (χ0) is 11.5. The summed E-state index contributed by atoms with van der Waals surface area (Å²) in [6.07, 6.45) is 1.11. The average Bonchev–Trinajstić information content (AvgIpc) is 2.22.